The van der Waals surface area contributed by atoms with Crippen molar-refractivity contribution in [3.8, 4) is 0 Å². The Balaban J connectivity index is 2.03. The van der Waals surface area contributed by atoms with Gasteiger partial charge in [-0.1, -0.05) is 0 Å². The van der Waals surface area contributed by atoms with E-state index >= 15 is 0 Å². The Morgan fingerprint density at radius 1 is 1.27 bits per heavy atom. The van der Waals surface area contributed by atoms with Gasteiger partial charge in [0.15, 0.2) is 0 Å². The summed E-state index contributed by atoms with van der Waals surface area (Å²) in [7, 11) is 0. The van der Waals surface area contributed by atoms with Crippen LogP contribution in [0.25, 0.3) is 0 Å². The summed E-state index contributed by atoms with van der Waals surface area (Å²) in [5.41, 5.74) is 0.0993. The molecule has 0 aromatic heterocycles. The first-order valence-electron chi connectivity index (χ1n) is 4.55. The van der Waals surface area contributed by atoms with Gasteiger partial charge in [0.2, 0.25) is 0 Å². The van der Waals surface area contributed by atoms with Gasteiger partial charge in [-0.3, -0.25) is 0 Å². The number of hydrogen-bond donors (Lipinski definition) is 2. The molecule has 2 fully saturated rings. The Morgan fingerprint density at radius 2 is 2.00 bits per heavy atom. The van der Waals surface area contributed by atoms with Crippen LogP contribution in [0.4, 0.5) is 0 Å². The lowest BCUT2D eigenvalue weighted by Crippen LogP contribution is -2.58. The van der Waals surface area contributed by atoms with Crippen molar-refractivity contribution >= 4 is 0 Å². The van der Waals surface area contributed by atoms with Crippen LogP contribution in [0.3, 0.4) is 0 Å². The normalized spacial score (nSPS) is 42.0. The molecule has 1 heterocycles. The van der Waals surface area contributed by atoms with E-state index in [0.29, 0.717) is 5.41 Å². The molecule has 1 atom stereocenters. The van der Waals surface area contributed by atoms with Gasteiger partial charge in [-0.25, -0.2) is 0 Å². The van der Waals surface area contributed by atoms with Crippen molar-refractivity contribution in [1.29, 1.82) is 0 Å². The third kappa shape index (κ3) is 1.30. The highest BCUT2D eigenvalue weighted by atomic mass is 16.3. The quantitative estimate of drug-likeness (QED) is 0.545. The van der Waals surface area contributed by atoms with Gasteiger partial charge >= 0.3 is 0 Å². The van der Waals surface area contributed by atoms with Crippen molar-refractivity contribution in [2.45, 2.75) is 38.2 Å². The molecular formula is C9H17NO. The second-order valence-corrected chi connectivity index (χ2v) is 4.63. The molecular weight excluding hydrogens is 138 g/mol. The highest BCUT2D eigenvalue weighted by Crippen LogP contribution is 2.43. The molecule has 1 unspecified atom stereocenters. The lowest BCUT2D eigenvalue weighted by atomic mass is 9.65. The highest BCUT2D eigenvalue weighted by Gasteiger charge is 2.44. The molecule has 2 heteroatoms. The number of hydrogen-bond acceptors (Lipinski definition) is 2. The molecule has 0 amide bonds. The lowest BCUT2D eigenvalue weighted by molar-refractivity contribution is -0.0549. The molecule has 0 aromatic rings. The number of aliphatic hydroxyl groups is 1. The van der Waals surface area contributed by atoms with Gasteiger partial charge in [-0.15, -0.1) is 0 Å². The molecule has 1 spiro atoms. The second kappa shape index (κ2) is 2.20. The average Bonchev–Trinajstić information content (AvgIpc) is 1.82. The van der Waals surface area contributed by atoms with Crippen molar-refractivity contribution in [1.82, 2.24) is 5.32 Å². The van der Waals surface area contributed by atoms with E-state index in [1.54, 1.807) is 0 Å². The molecule has 1 aliphatic heterocycles. The van der Waals surface area contributed by atoms with E-state index in [0.717, 1.165) is 25.9 Å². The molecule has 0 radical (unpaired) electrons. The van der Waals surface area contributed by atoms with Gasteiger partial charge < -0.3 is 10.4 Å². The van der Waals surface area contributed by atoms with Crippen LogP contribution in [-0.2, 0) is 0 Å². The van der Waals surface area contributed by atoms with Crippen LogP contribution in [0.15, 0.2) is 0 Å². The fourth-order valence-corrected chi connectivity index (χ4v) is 2.61. The van der Waals surface area contributed by atoms with Gasteiger partial charge in [0.05, 0.1) is 5.60 Å². The largest absolute Gasteiger partial charge is 0.390 e. The van der Waals surface area contributed by atoms with E-state index in [-0.39, 0.29) is 5.60 Å². The van der Waals surface area contributed by atoms with Crippen LogP contribution in [0.2, 0.25) is 0 Å². The van der Waals surface area contributed by atoms with Gasteiger partial charge in [-0.05, 0) is 38.0 Å². The minimum atomic E-state index is -0.375. The molecule has 1 aliphatic carbocycles. The van der Waals surface area contributed by atoms with Crippen LogP contribution >= 0.6 is 0 Å². The Hall–Kier alpha value is -0.0800. The molecule has 0 aromatic carbocycles. The van der Waals surface area contributed by atoms with Crippen molar-refractivity contribution < 1.29 is 5.11 Å². The molecule has 1 saturated carbocycles. The fourth-order valence-electron chi connectivity index (χ4n) is 2.61. The standard InChI is InChI=1S/C9H17NO/c1-8(11)3-2-4-9(5-8)6-10-7-9/h10-11H,2-7H2,1H3. The number of nitrogens with one attached hydrogen (secondary N) is 1. The third-order valence-corrected chi connectivity index (χ3v) is 3.18. The molecule has 2 nitrogen and oxygen atoms in total. The van der Waals surface area contributed by atoms with Crippen molar-refractivity contribution in [3.63, 3.8) is 0 Å². The Labute approximate surface area is 68.0 Å². The molecule has 1 saturated heterocycles. The summed E-state index contributed by atoms with van der Waals surface area (Å²) in [5, 5.41) is 13.1. The van der Waals surface area contributed by atoms with Crippen LogP contribution < -0.4 is 5.32 Å². The summed E-state index contributed by atoms with van der Waals surface area (Å²) in [5.74, 6) is 0. The monoisotopic (exact) mass is 155 g/mol. The Morgan fingerprint density at radius 3 is 2.36 bits per heavy atom. The van der Waals surface area contributed by atoms with Gasteiger partial charge in [0.25, 0.3) is 0 Å². The van der Waals surface area contributed by atoms with Gasteiger partial charge in [0.1, 0.15) is 0 Å². The maximum Gasteiger partial charge on any atom is 0.0626 e. The van der Waals surface area contributed by atoms with E-state index < -0.39 is 0 Å². The maximum atomic E-state index is 9.85. The second-order valence-electron chi connectivity index (χ2n) is 4.63. The topological polar surface area (TPSA) is 32.3 Å². The molecule has 64 valence electrons. The Kier molecular flexibility index (Phi) is 1.52. The highest BCUT2D eigenvalue weighted by molar-refractivity contribution is 5.00. The van der Waals surface area contributed by atoms with Crippen molar-refractivity contribution in [3.05, 3.63) is 0 Å². The molecule has 2 N–H and O–H groups in total. The summed E-state index contributed by atoms with van der Waals surface area (Å²) in [6.45, 7) is 4.23. The van der Waals surface area contributed by atoms with Gasteiger partial charge in [-0.2, -0.15) is 0 Å². The zero-order valence-corrected chi connectivity index (χ0v) is 7.19. The van der Waals surface area contributed by atoms with Crippen LogP contribution in [-0.4, -0.2) is 23.8 Å². The first-order chi connectivity index (χ1) is 5.12. The van der Waals surface area contributed by atoms with Crippen LogP contribution in [0, 0.1) is 5.41 Å². The lowest BCUT2D eigenvalue weighted by Gasteiger charge is -2.50. The predicted octanol–water partition coefficient (Wildman–Crippen LogP) is 0.901. The van der Waals surface area contributed by atoms with E-state index in [9.17, 15) is 5.11 Å². The van der Waals surface area contributed by atoms with Crippen molar-refractivity contribution in [2.75, 3.05) is 13.1 Å². The SMILES string of the molecule is CC1(O)CCCC2(CNC2)C1. The van der Waals surface area contributed by atoms with E-state index in [2.05, 4.69) is 5.32 Å². The van der Waals surface area contributed by atoms with E-state index in [1.807, 2.05) is 6.92 Å². The summed E-state index contributed by atoms with van der Waals surface area (Å²) in [6.07, 6.45) is 4.52. The van der Waals surface area contributed by atoms with Crippen LogP contribution in [0.1, 0.15) is 32.6 Å². The molecule has 2 aliphatic rings. The number of rotatable bonds is 0. The average molecular weight is 155 g/mol. The smallest absolute Gasteiger partial charge is 0.0626 e. The van der Waals surface area contributed by atoms with Gasteiger partial charge in [0, 0.05) is 13.1 Å². The summed E-state index contributed by atoms with van der Waals surface area (Å²) >= 11 is 0. The zero-order valence-electron chi connectivity index (χ0n) is 7.19. The summed E-state index contributed by atoms with van der Waals surface area (Å²) in [4.78, 5) is 0. The van der Waals surface area contributed by atoms with E-state index in [4.69, 9.17) is 0 Å². The molecule has 0 bridgehead atoms. The van der Waals surface area contributed by atoms with E-state index in [1.165, 1.54) is 12.8 Å². The minimum absolute atomic E-state index is 0.375. The first-order valence-corrected chi connectivity index (χ1v) is 4.55. The first kappa shape index (κ1) is 7.56. The molecule has 2 rings (SSSR count). The summed E-state index contributed by atoms with van der Waals surface area (Å²) < 4.78 is 0. The van der Waals surface area contributed by atoms with Crippen LogP contribution in [0.5, 0.6) is 0 Å². The fraction of sp³-hybridized carbons (Fsp3) is 1.00. The predicted molar refractivity (Wildman–Crippen MR) is 44.4 cm³/mol. The van der Waals surface area contributed by atoms with Crippen molar-refractivity contribution in [2.24, 2.45) is 5.41 Å². The Bertz CT molecular complexity index is 161. The maximum absolute atomic E-state index is 9.85. The third-order valence-electron chi connectivity index (χ3n) is 3.18. The summed E-state index contributed by atoms with van der Waals surface area (Å²) in [6, 6.07) is 0. The molecule has 11 heavy (non-hydrogen) atoms. The minimum Gasteiger partial charge on any atom is -0.390 e. The zero-order chi connectivity index (χ0) is 7.95.